The Balaban J connectivity index is 1.84. The first-order valence-corrected chi connectivity index (χ1v) is 8.34. The van der Waals surface area contributed by atoms with Crippen molar-refractivity contribution in [2.24, 2.45) is 5.92 Å². The van der Waals surface area contributed by atoms with Crippen molar-refractivity contribution in [1.29, 1.82) is 0 Å². The molecule has 0 spiro atoms. The number of nitrogen functional groups attached to an aromatic ring is 1. The van der Waals surface area contributed by atoms with Crippen LogP contribution in [0.2, 0.25) is 0 Å². The number of hydrogen-bond acceptors (Lipinski definition) is 5. The summed E-state index contributed by atoms with van der Waals surface area (Å²) in [6.07, 6.45) is 5.64. The third-order valence-electron chi connectivity index (χ3n) is 4.39. The van der Waals surface area contributed by atoms with Crippen molar-refractivity contribution in [1.82, 2.24) is 15.3 Å². The second-order valence-electron chi connectivity index (χ2n) is 6.12. The monoisotopic (exact) mass is 339 g/mol. The van der Waals surface area contributed by atoms with Crippen LogP contribution in [0.4, 0.5) is 11.5 Å². The van der Waals surface area contributed by atoms with E-state index in [4.69, 9.17) is 5.73 Å². The van der Waals surface area contributed by atoms with Crippen LogP contribution in [0.3, 0.4) is 0 Å². The zero-order chi connectivity index (χ0) is 17.8. The van der Waals surface area contributed by atoms with Gasteiger partial charge in [-0.3, -0.25) is 9.59 Å². The molecule has 1 aromatic heterocycles. The Morgan fingerprint density at radius 2 is 2.00 bits per heavy atom. The van der Waals surface area contributed by atoms with Gasteiger partial charge in [-0.1, -0.05) is 25.0 Å². The number of carbonyl (C=O) groups is 2. The van der Waals surface area contributed by atoms with Crippen molar-refractivity contribution in [3.05, 3.63) is 36.2 Å². The highest BCUT2D eigenvalue weighted by Crippen LogP contribution is 2.27. The molecule has 1 aliphatic carbocycles. The van der Waals surface area contributed by atoms with E-state index in [-0.39, 0.29) is 23.3 Å². The maximum absolute atomic E-state index is 12.3. The lowest BCUT2D eigenvalue weighted by molar-refractivity contribution is -0.119. The highest BCUT2D eigenvalue weighted by atomic mass is 16.2. The lowest BCUT2D eigenvalue weighted by Gasteiger charge is -2.11. The lowest BCUT2D eigenvalue weighted by atomic mass is 10.1. The van der Waals surface area contributed by atoms with Gasteiger partial charge < -0.3 is 16.4 Å². The molecule has 7 nitrogen and oxygen atoms in total. The van der Waals surface area contributed by atoms with E-state index in [1.54, 1.807) is 0 Å². The number of carbonyl (C=O) groups excluding carboxylic acids is 2. The number of benzene rings is 1. The highest BCUT2D eigenvalue weighted by molar-refractivity contribution is 5.97. The standard InChI is InChI=1S/C18H21N5O2/c1-20-18(25)15-16(19)21-10-14(23-15)12-7-4-8-13(9-12)22-17(24)11-5-2-3-6-11/h4,7-11H,2-3,5-6H2,1H3,(H2,19,21)(H,20,25)(H,22,24). The summed E-state index contributed by atoms with van der Waals surface area (Å²) in [5.41, 5.74) is 7.78. The molecule has 1 aliphatic rings. The minimum Gasteiger partial charge on any atom is -0.382 e. The molecule has 1 saturated carbocycles. The normalized spacial score (nSPS) is 14.3. The summed E-state index contributed by atoms with van der Waals surface area (Å²) in [7, 11) is 1.51. The molecule has 130 valence electrons. The molecule has 25 heavy (non-hydrogen) atoms. The predicted octanol–water partition coefficient (Wildman–Crippen LogP) is 2.21. The first-order valence-electron chi connectivity index (χ1n) is 8.34. The van der Waals surface area contributed by atoms with Crippen molar-refractivity contribution in [2.45, 2.75) is 25.7 Å². The Morgan fingerprint density at radius 3 is 2.72 bits per heavy atom. The quantitative estimate of drug-likeness (QED) is 0.791. The van der Waals surface area contributed by atoms with Crippen molar-refractivity contribution < 1.29 is 9.59 Å². The van der Waals surface area contributed by atoms with Gasteiger partial charge >= 0.3 is 0 Å². The molecule has 3 rings (SSSR count). The molecule has 1 fully saturated rings. The maximum Gasteiger partial charge on any atom is 0.273 e. The van der Waals surface area contributed by atoms with E-state index < -0.39 is 5.91 Å². The SMILES string of the molecule is CNC(=O)c1nc(-c2cccc(NC(=O)C3CCCC3)c2)cnc1N. The van der Waals surface area contributed by atoms with Gasteiger partial charge in [0.25, 0.3) is 5.91 Å². The minimum atomic E-state index is -0.391. The van der Waals surface area contributed by atoms with E-state index in [0.29, 0.717) is 11.4 Å². The smallest absolute Gasteiger partial charge is 0.273 e. The van der Waals surface area contributed by atoms with Crippen molar-refractivity contribution in [3.8, 4) is 11.3 Å². The van der Waals surface area contributed by atoms with E-state index in [2.05, 4.69) is 20.6 Å². The molecule has 1 heterocycles. The van der Waals surface area contributed by atoms with Crippen LogP contribution in [0.5, 0.6) is 0 Å². The van der Waals surface area contributed by atoms with E-state index in [9.17, 15) is 9.59 Å². The summed E-state index contributed by atoms with van der Waals surface area (Å²) in [5.74, 6) is -0.157. The van der Waals surface area contributed by atoms with Crippen molar-refractivity contribution >= 4 is 23.3 Å². The fourth-order valence-electron chi connectivity index (χ4n) is 3.01. The molecule has 2 amide bonds. The third kappa shape index (κ3) is 3.76. The van der Waals surface area contributed by atoms with E-state index in [1.165, 1.54) is 13.2 Å². The predicted molar refractivity (Wildman–Crippen MR) is 95.9 cm³/mol. The van der Waals surface area contributed by atoms with Gasteiger partial charge in [0.2, 0.25) is 5.91 Å². The van der Waals surface area contributed by atoms with Crippen LogP contribution in [0.15, 0.2) is 30.5 Å². The second kappa shape index (κ2) is 7.29. The zero-order valence-electron chi connectivity index (χ0n) is 14.1. The van der Waals surface area contributed by atoms with Gasteiger partial charge in [0.15, 0.2) is 11.5 Å². The Hall–Kier alpha value is -2.96. The highest BCUT2D eigenvalue weighted by Gasteiger charge is 2.22. The molecule has 0 radical (unpaired) electrons. The van der Waals surface area contributed by atoms with Crippen LogP contribution in [0.25, 0.3) is 11.3 Å². The van der Waals surface area contributed by atoms with E-state index >= 15 is 0 Å². The fraction of sp³-hybridized carbons (Fsp3) is 0.333. The maximum atomic E-state index is 12.3. The summed E-state index contributed by atoms with van der Waals surface area (Å²) >= 11 is 0. The Labute approximate surface area is 146 Å². The van der Waals surface area contributed by atoms with Crippen LogP contribution < -0.4 is 16.4 Å². The number of nitrogens with two attached hydrogens (primary N) is 1. The molecule has 0 aliphatic heterocycles. The van der Waals surface area contributed by atoms with Crippen LogP contribution in [0.1, 0.15) is 36.2 Å². The number of nitrogens with zero attached hydrogens (tertiary/aromatic N) is 2. The van der Waals surface area contributed by atoms with Gasteiger partial charge in [-0.25, -0.2) is 9.97 Å². The summed E-state index contributed by atoms with van der Waals surface area (Å²) in [6.45, 7) is 0. The van der Waals surface area contributed by atoms with Crippen LogP contribution in [-0.2, 0) is 4.79 Å². The molecule has 2 aromatic rings. The minimum absolute atomic E-state index is 0.0593. The summed E-state index contributed by atoms with van der Waals surface area (Å²) < 4.78 is 0. The van der Waals surface area contributed by atoms with E-state index in [0.717, 1.165) is 31.2 Å². The number of amides is 2. The summed E-state index contributed by atoms with van der Waals surface area (Å²) in [6, 6.07) is 7.33. The number of nitrogens with one attached hydrogen (secondary N) is 2. The summed E-state index contributed by atoms with van der Waals surface area (Å²) in [4.78, 5) is 32.5. The second-order valence-corrected chi connectivity index (χ2v) is 6.12. The van der Waals surface area contributed by atoms with Crippen LogP contribution in [0, 0.1) is 5.92 Å². The molecule has 0 unspecified atom stereocenters. The van der Waals surface area contributed by atoms with Gasteiger partial charge in [-0.2, -0.15) is 0 Å². The fourth-order valence-corrected chi connectivity index (χ4v) is 3.01. The number of rotatable bonds is 4. The molecular weight excluding hydrogens is 318 g/mol. The Bertz CT molecular complexity index is 800. The number of aromatic nitrogens is 2. The molecule has 0 bridgehead atoms. The first-order chi connectivity index (χ1) is 12.1. The lowest BCUT2D eigenvalue weighted by Crippen LogP contribution is -2.21. The van der Waals surface area contributed by atoms with Crippen molar-refractivity contribution in [2.75, 3.05) is 18.1 Å². The van der Waals surface area contributed by atoms with Gasteiger partial charge in [-0.15, -0.1) is 0 Å². The van der Waals surface area contributed by atoms with Crippen LogP contribution in [-0.4, -0.2) is 28.8 Å². The third-order valence-corrected chi connectivity index (χ3v) is 4.39. The molecule has 0 saturated heterocycles. The Morgan fingerprint density at radius 1 is 1.24 bits per heavy atom. The van der Waals surface area contributed by atoms with Gasteiger partial charge in [0.05, 0.1) is 11.9 Å². The van der Waals surface area contributed by atoms with Crippen LogP contribution >= 0.6 is 0 Å². The van der Waals surface area contributed by atoms with Gasteiger partial charge in [0.1, 0.15) is 0 Å². The first kappa shape index (κ1) is 16.9. The molecule has 1 aromatic carbocycles. The largest absolute Gasteiger partial charge is 0.382 e. The zero-order valence-corrected chi connectivity index (χ0v) is 14.1. The average Bonchev–Trinajstić information content (AvgIpc) is 3.16. The van der Waals surface area contributed by atoms with E-state index in [1.807, 2.05) is 24.3 Å². The topological polar surface area (TPSA) is 110 Å². The van der Waals surface area contributed by atoms with Gasteiger partial charge in [-0.05, 0) is 25.0 Å². The molecule has 0 atom stereocenters. The summed E-state index contributed by atoms with van der Waals surface area (Å²) in [5, 5.41) is 5.45. The molecule has 7 heteroatoms. The number of anilines is 2. The van der Waals surface area contributed by atoms with Gasteiger partial charge in [0, 0.05) is 24.2 Å². The van der Waals surface area contributed by atoms with Crippen molar-refractivity contribution in [3.63, 3.8) is 0 Å². The number of hydrogen-bond donors (Lipinski definition) is 3. The molecular formula is C18H21N5O2. The average molecular weight is 339 g/mol. The Kier molecular flexibility index (Phi) is 4.92. The molecule has 4 N–H and O–H groups in total.